The molecular formula is C30H39FN4O3. The zero-order valence-electron chi connectivity index (χ0n) is 22.2. The maximum absolute atomic E-state index is 14.4. The van der Waals surface area contributed by atoms with Crippen molar-refractivity contribution < 1.29 is 18.6 Å². The number of aryl methyl sites for hydroxylation is 1. The van der Waals surface area contributed by atoms with Crippen molar-refractivity contribution in [1.82, 2.24) is 9.88 Å². The van der Waals surface area contributed by atoms with Crippen molar-refractivity contribution in [3.05, 3.63) is 46.6 Å². The van der Waals surface area contributed by atoms with Crippen molar-refractivity contribution in [2.45, 2.75) is 75.3 Å². The standard InChI is InChI=1S/C30H39FN4O3/c31-22-16-29(7-2-10-35(29)18-22)20-37-28-15-27(34-9-3-12-36-13-11-34)24-19-38-30(17-26(24)33-28)8-1-4-21-5-6-23(32)14-25(21)30/h5-6,14-15,22H,1-4,7-13,16-20,32H2. The highest BCUT2D eigenvalue weighted by atomic mass is 19.1. The first kappa shape index (κ1) is 24.6. The molecular weight excluding hydrogens is 483 g/mol. The number of nitrogen functional groups attached to an aromatic ring is 1. The quantitative estimate of drug-likeness (QED) is 0.605. The Morgan fingerprint density at radius 1 is 1.11 bits per heavy atom. The first-order valence-electron chi connectivity index (χ1n) is 14.4. The van der Waals surface area contributed by atoms with Gasteiger partial charge in [-0.2, -0.15) is 0 Å². The van der Waals surface area contributed by atoms with E-state index in [0.29, 0.717) is 45.1 Å². The molecule has 38 heavy (non-hydrogen) atoms. The average molecular weight is 523 g/mol. The van der Waals surface area contributed by atoms with Gasteiger partial charge in [-0.1, -0.05) is 6.07 Å². The molecule has 204 valence electrons. The molecule has 5 aliphatic rings. The molecule has 4 aliphatic heterocycles. The molecule has 5 heterocycles. The van der Waals surface area contributed by atoms with E-state index in [4.69, 9.17) is 24.9 Å². The fourth-order valence-electron chi connectivity index (χ4n) is 7.69. The van der Waals surface area contributed by atoms with E-state index < -0.39 is 11.8 Å². The summed E-state index contributed by atoms with van der Waals surface area (Å²) in [5.74, 6) is 0.646. The fourth-order valence-corrected chi connectivity index (χ4v) is 7.69. The Morgan fingerprint density at radius 2 is 2.05 bits per heavy atom. The number of anilines is 2. The Hall–Kier alpha value is -2.42. The van der Waals surface area contributed by atoms with Gasteiger partial charge < -0.3 is 24.8 Å². The SMILES string of the molecule is Nc1ccc2c(c1)C1(CCC2)Cc2nc(OCC34CCCN3CC(F)C4)cc(N3CCCOCC3)c2CO1. The van der Waals surface area contributed by atoms with Gasteiger partial charge in [0.05, 0.1) is 30.0 Å². The Kier molecular flexibility index (Phi) is 6.25. The highest BCUT2D eigenvalue weighted by Crippen LogP contribution is 2.47. The second-order valence-electron chi connectivity index (χ2n) is 12.0. The highest BCUT2D eigenvalue weighted by Gasteiger charge is 2.49. The molecule has 3 fully saturated rings. The molecule has 0 saturated carbocycles. The number of nitrogens with two attached hydrogens (primary N) is 1. The van der Waals surface area contributed by atoms with Crippen LogP contribution in [0.1, 0.15) is 60.9 Å². The van der Waals surface area contributed by atoms with Gasteiger partial charge in [0.1, 0.15) is 12.8 Å². The Balaban J connectivity index is 1.24. The van der Waals surface area contributed by atoms with Crippen LogP contribution < -0.4 is 15.4 Å². The second kappa shape index (κ2) is 9.65. The zero-order chi connectivity index (χ0) is 25.7. The molecule has 8 heteroatoms. The van der Waals surface area contributed by atoms with E-state index in [-0.39, 0.29) is 5.54 Å². The molecule has 1 spiro atoms. The third-order valence-corrected chi connectivity index (χ3v) is 9.57. The van der Waals surface area contributed by atoms with Crippen LogP contribution in [0.2, 0.25) is 0 Å². The summed E-state index contributed by atoms with van der Waals surface area (Å²) >= 11 is 0. The van der Waals surface area contributed by atoms with E-state index in [1.807, 2.05) is 6.07 Å². The molecule has 2 aromatic rings. The summed E-state index contributed by atoms with van der Waals surface area (Å²) < 4.78 is 33.4. The molecule has 7 rings (SSSR count). The van der Waals surface area contributed by atoms with Crippen LogP contribution in [0.5, 0.6) is 5.88 Å². The molecule has 2 N–H and O–H groups in total. The lowest BCUT2D eigenvalue weighted by Crippen LogP contribution is -2.43. The second-order valence-corrected chi connectivity index (χ2v) is 12.0. The zero-order valence-corrected chi connectivity index (χ0v) is 22.2. The van der Waals surface area contributed by atoms with E-state index in [0.717, 1.165) is 87.4 Å². The molecule has 3 atom stereocenters. The largest absolute Gasteiger partial charge is 0.476 e. The summed E-state index contributed by atoms with van der Waals surface area (Å²) in [6.07, 6.45) is 6.68. The van der Waals surface area contributed by atoms with Crippen LogP contribution in [0.3, 0.4) is 0 Å². The van der Waals surface area contributed by atoms with E-state index in [2.05, 4.69) is 28.0 Å². The summed E-state index contributed by atoms with van der Waals surface area (Å²) in [5, 5.41) is 0. The first-order valence-corrected chi connectivity index (χ1v) is 14.4. The molecule has 0 bridgehead atoms. The number of nitrogens with zero attached hydrogens (tertiary/aromatic N) is 3. The number of alkyl halides is 1. The molecule has 0 amide bonds. The van der Waals surface area contributed by atoms with Crippen LogP contribution in [-0.2, 0) is 34.5 Å². The maximum Gasteiger partial charge on any atom is 0.215 e. The van der Waals surface area contributed by atoms with Crippen molar-refractivity contribution in [2.75, 3.05) is 56.6 Å². The molecule has 3 unspecified atom stereocenters. The van der Waals surface area contributed by atoms with Crippen LogP contribution in [0, 0.1) is 0 Å². The number of benzene rings is 1. The third-order valence-electron chi connectivity index (χ3n) is 9.57. The van der Waals surface area contributed by atoms with Crippen LogP contribution in [0.15, 0.2) is 24.3 Å². The van der Waals surface area contributed by atoms with Crippen LogP contribution >= 0.6 is 0 Å². The van der Waals surface area contributed by atoms with E-state index >= 15 is 0 Å². The van der Waals surface area contributed by atoms with Crippen molar-refractivity contribution in [1.29, 1.82) is 0 Å². The Bertz CT molecular complexity index is 1200. The summed E-state index contributed by atoms with van der Waals surface area (Å²) in [7, 11) is 0. The topological polar surface area (TPSA) is 73.1 Å². The molecule has 3 saturated heterocycles. The lowest BCUT2D eigenvalue weighted by atomic mass is 9.74. The number of ether oxygens (including phenoxy) is 3. The summed E-state index contributed by atoms with van der Waals surface area (Å²) in [6.45, 7) is 5.76. The Morgan fingerprint density at radius 3 is 3.00 bits per heavy atom. The van der Waals surface area contributed by atoms with Crippen molar-refractivity contribution in [3.63, 3.8) is 0 Å². The molecule has 1 aromatic heterocycles. The highest BCUT2D eigenvalue weighted by molar-refractivity contribution is 5.59. The minimum atomic E-state index is -0.765. The van der Waals surface area contributed by atoms with Crippen molar-refractivity contribution >= 4 is 11.4 Å². The first-order chi connectivity index (χ1) is 18.5. The normalized spacial score (nSPS) is 31.1. The van der Waals surface area contributed by atoms with Gasteiger partial charge >= 0.3 is 0 Å². The summed E-state index contributed by atoms with van der Waals surface area (Å²) in [6, 6.07) is 8.35. The van der Waals surface area contributed by atoms with Crippen LogP contribution in [0.25, 0.3) is 0 Å². The van der Waals surface area contributed by atoms with Gasteiger partial charge in [0.25, 0.3) is 0 Å². The summed E-state index contributed by atoms with van der Waals surface area (Å²) in [5.41, 5.74) is 12.3. The lowest BCUT2D eigenvalue weighted by molar-refractivity contribution is -0.0853. The number of fused-ring (bicyclic) bond motifs is 4. The number of rotatable bonds is 4. The van der Waals surface area contributed by atoms with E-state index in [9.17, 15) is 4.39 Å². The van der Waals surface area contributed by atoms with Crippen LogP contribution in [-0.4, -0.2) is 67.6 Å². The number of hydrogen-bond acceptors (Lipinski definition) is 7. The molecule has 1 aromatic carbocycles. The molecule has 0 radical (unpaired) electrons. The van der Waals surface area contributed by atoms with Gasteiger partial charge in [-0.15, -0.1) is 0 Å². The number of pyridine rings is 1. The third kappa shape index (κ3) is 4.25. The average Bonchev–Trinajstić information content (AvgIpc) is 3.29. The van der Waals surface area contributed by atoms with E-state index in [1.165, 1.54) is 11.1 Å². The minimum absolute atomic E-state index is 0.197. The molecule has 1 aliphatic carbocycles. The number of halogens is 1. The lowest BCUT2D eigenvalue weighted by Gasteiger charge is -2.43. The maximum atomic E-state index is 14.4. The minimum Gasteiger partial charge on any atom is -0.476 e. The van der Waals surface area contributed by atoms with E-state index in [1.54, 1.807) is 0 Å². The summed E-state index contributed by atoms with van der Waals surface area (Å²) in [4.78, 5) is 9.83. The Labute approximate surface area is 224 Å². The number of aromatic nitrogens is 1. The van der Waals surface area contributed by atoms with Gasteiger partial charge in [-0.25, -0.2) is 9.37 Å². The van der Waals surface area contributed by atoms with Crippen molar-refractivity contribution in [2.24, 2.45) is 0 Å². The van der Waals surface area contributed by atoms with Crippen LogP contribution in [0.4, 0.5) is 15.8 Å². The smallest absolute Gasteiger partial charge is 0.215 e. The predicted molar refractivity (Wildman–Crippen MR) is 144 cm³/mol. The number of hydrogen-bond donors (Lipinski definition) is 1. The van der Waals surface area contributed by atoms with Gasteiger partial charge in [0.2, 0.25) is 5.88 Å². The van der Waals surface area contributed by atoms with Gasteiger partial charge in [-0.3, -0.25) is 4.90 Å². The van der Waals surface area contributed by atoms with Crippen molar-refractivity contribution in [3.8, 4) is 5.88 Å². The van der Waals surface area contributed by atoms with Gasteiger partial charge in [0.15, 0.2) is 0 Å². The monoisotopic (exact) mass is 522 g/mol. The molecule has 7 nitrogen and oxygen atoms in total. The van der Waals surface area contributed by atoms with Gasteiger partial charge in [0, 0.05) is 62.1 Å². The predicted octanol–water partition coefficient (Wildman–Crippen LogP) is 4.15. The fraction of sp³-hybridized carbons (Fsp3) is 0.633. The van der Waals surface area contributed by atoms with Gasteiger partial charge in [-0.05, 0) is 68.3 Å².